The third-order valence-electron chi connectivity index (χ3n) is 2.88. The number of rotatable bonds is 7. The standard InChI is InChI=1S/C14H21BrFN/c1-3-6-12(9-15)10-17(2)11-13-7-4-5-8-14(13)16/h4-5,7-8,12H,3,6,9-11H2,1-2H3. The van der Waals surface area contributed by atoms with Crippen molar-refractivity contribution in [1.29, 1.82) is 0 Å². The highest BCUT2D eigenvalue weighted by Crippen LogP contribution is 2.14. The van der Waals surface area contributed by atoms with Gasteiger partial charge in [0, 0.05) is 24.0 Å². The summed E-state index contributed by atoms with van der Waals surface area (Å²) < 4.78 is 13.5. The molecule has 0 heterocycles. The summed E-state index contributed by atoms with van der Waals surface area (Å²) in [6.07, 6.45) is 2.41. The molecule has 17 heavy (non-hydrogen) atoms. The van der Waals surface area contributed by atoms with Crippen molar-refractivity contribution in [1.82, 2.24) is 4.90 Å². The average Bonchev–Trinajstić information content (AvgIpc) is 2.31. The molecule has 0 amide bonds. The van der Waals surface area contributed by atoms with E-state index in [9.17, 15) is 4.39 Å². The van der Waals surface area contributed by atoms with Crippen LogP contribution in [0.15, 0.2) is 24.3 Å². The fourth-order valence-electron chi connectivity index (χ4n) is 2.05. The first-order valence-electron chi connectivity index (χ1n) is 6.15. The highest BCUT2D eigenvalue weighted by Gasteiger charge is 2.11. The van der Waals surface area contributed by atoms with Crippen molar-refractivity contribution >= 4 is 15.9 Å². The van der Waals surface area contributed by atoms with E-state index in [1.165, 1.54) is 18.9 Å². The molecule has 1 aromatic carbocycles. The molecule has 96 valence electrons. The Hall–Kier alpha value is -0.410. The Morgan fingerprint density at radius 2 is 2.06 bits per heavy atom. The fourth-order valence-corrected chi connectivity index (χ4v) is 2.58. The first-order chi connectivity index (χ1) is 8.17. The molecule has 0 fully saturated rings. The van der Waals surface area contributed by atoms with Crippen molar-refractivity contribution in [3.63, 3.8) is 0 Å². The summed E-state index contributed by atoms with van der Waals surface area (Å²) in [6.45, 7) is 3.89. The molecule has 0 aliphatic heterocycles. The van der Waals surface area contributed by atoms with E-state index in [4.69, 9.17) is 0 Å². The minimum atomic E-state index is -0.106. The molecule has 0 spiro atoms. The van der Waals surface area contributed by atoms with Gasteiger partial charge >= 0.3 is 0 Å². The summed E-state index contributed by atoms with van der Waals surface area (Å²) in [5.41, 5.74) is 0.778. The Labute approximate surface area is 112 Å². The molecule has 1 nitrogen and oxygen atoms in total. The molecule has 3 heteroatoms. The van der Waals surface area contributed by atoms with Gasteiger partial charge in [-0.3, -0.25) is 0 Å². The SMILES string of the molecule is CCCC(CBr)CN(C)Cc1ccccc1F. The Kier molecular flexibility index (Phi) is 6.75. The molecule has 0 saturated heterocycles. The lowest BCUT2D eigenvalue weighted by atomic mass is 10.1. The van der Waals surface area contributed by atoms with Crippen LogP contribution in [0, 0.1) is 11.7 Å². The number of hydrogen-bond acceptors (Lipinski definition) is 1. The van der Waals surface area contributed by atoms with E-state index in [1.807, 2.05) is 12.1 Å². The van der Waals surface area contributed by atoms with Gasteiger partial charge in [0.2, 0.25) is 0 Å². The van der Waals surface area contributed by atoms with Crippen LogP contribution < -0.4 is 0 Å². The molecule has 0 saturated carbocycles. The predicted octanol–water partition coefficient (Wildman–Crippen LogP) is 4.07. The van der Waals surface area contributed by atoms with Gasteiger partial charge in [-0.25, -0.2) is 4.39 Å². The second-order valence-corrected chi connectivity index (χ2v) is 5.24. The molecule has 0 bridgehead atoms. The van der Waals surface area contributed by atoms with Crippen molar-refractivity contribution in [2.45, 2.75) is 26.3 Å². The number of benzene rings is 1. The average molecular weight is 302 g/mol. The molecule has 1 rings (SSSR count). The lowest BCUT2D eigenvalue weighted by molar-refractivity contribution is 0.270. The van der Waals surface area contributed by atoms with Crippen LogP contribution in [0.2, 0.25) is 0 Å². The van der Waals surface area contributed by atoms with Gasteiger partial charge in [0.15, 0.2) is 0 Å². The third kappa shape index (κ3) is 5.17. The second-order valence-electron chi connectivity index (χ2n) is 4.60. The first-order valence-corrected chi connectivity index (χ1v) is 7.27. The molecule has 1 unspecified atom stereocenters. The van der Waals surface area contributed by atoms with Crippen LogP contribution in [0.1, 0.15) is 25.3 Å². The predicted molar refractivity (Wildman–Crippen MR) is 74.9 cm³/mol. The maximum absolute atomic E-state index is 13.5. The van der Waals surface area contributed by atoms with E-state index in [2.05, 4.69) is 34.8 Å². The van der Waals surface area contributed by atoms with E-state index in [0.717, 1.165) is 17.4 Å². The minimum absolute atomic E-state index is 0.106. The topological polar surface area (TPSA) is 3.24 Å². The van der Waals surface area contributed by atoms with Crippen LogP contribution in [0.3, 0.4) is 0 Å². The molecule has 0 N–H and O–H groups in total. The Morgan fingerprint density at radius 1 is 1.35 bits per heavy atom. The number of halogens is 2. The third-order valence-corrected chi connectivity index (χ3v) is 3.80. The summed E-state index contributed by atoms with van der Waals surface area (Å²) in [5, 5.41) is 1.02. The van der Waals surface area contributed by atoms with Crippen LogP contribution in [0.25, 0.3) is 0 Å². The maximum Gasteiger partial charge on any atom is 0.127 e. The van der Waals surface area contributed by atoms with E-state index < -0.39 is 0 Å². The van der Waals surface area contributed by atoms with Crippen molar-refractivity contribution < 1.29 is 4.39 Å². The van der Waals surface area contributed by atoms with E-state index in [0.29, 0.717) is 12.5 Å². The summed E-state index contributed by atoms with van der Waals surface area (Å²) in [5.74, 6) is 0.544. The van der Waals surface area contributed by atoms with Gasteiger partial charge < -0.3 is 4.90 Å². The summed E-state index contributed by atoms with van der Waals surface area (Å²) in [6, 6.07) is 7.00. The summed E-state index contributed by atoms with van der Waals surface area (Å²) in [7, 11) is 2.05. The quantitative estimate of drug-likeness (QED) is 0.686. The fraction of sp³-hybridized carbons (Fsp3) is 0.571. The summed E-state index contributed by atoms with van der Waals surface area (Å²) in [4.78, 5) is 2.19. The number of nitrogens with zero attached hydrogens (tertiary/aromatic N) is 1. The van der Waals surface area contributed by atoms with Gasteiger partial charge in [-0.15, -0.1) is 0 Å². The van der Waals surface area contributed by atoms with Gasteiger partial charge in [0.05, 0.1) is 0 Å². The summed E-state index contributed by atoms with van der Waals surface area (Å²) >= 11 is 3.54. The lowest BCUT2D eigenvalue weighted by Crippen LogP contribution is -2.26. The van der Waals surface area contributed by atoms with Crippen molar-refractivity contribution in [2.24, 2.45) is 5.92 Å². The molecule has 0 aromatic heterocycles. The molecular formula is C14H21BrFN. The zero-order chi connectivity index (χ0) is 12.7. The molecule has 0 radical (unpaired) electrons. The molecule has 1 aromatic rings. The number of alkyl halides is 1. The minimum Gasteiger partial charge on any atom is -0.302 e. The van der Waals surface area contributed by atoms with Gasteiger partial charge in [-0.2, -0.15) is 0 Å². The molecular weight excluding hydrogens is 281 g/mol. The van der Waals surface area contributed by atoms with Crippen molar-refractivity contribution in [2.75, 3.05) is 18.9 Å². The Bertz CT molecular complexity index is 330. The van der Waals surface area contributed by atoms with Crippen LogP contribution >= 0.6 is 15.9 Å². The van der Waals surface area contributed by atoms with Gasteiger partial charge in [0.25, 0.3) is 0 Å². The van der Waals surface area contributed by atoms with Gasteiger partial charge in [-0.05, 0) is 25.5 Å². The van der Waals surface area contributed by atoms with E-state index in [1.54, 1.807) is 6.07 Å². The zero-order valence-electron chi connectivity index (χ0n) is 10.6. The van der Waals surface area contributed by atoms with Crippen LogP contribution in [-0.2, 0) is 6.54 Å². The molecule has 1 atom stereocenters. The second kappa shape index (κ2) is 7.83. The van der Waals surface area contributed by atoms with Gasteiger partial charge in [-0.1, -0.05) is 47.5 Å². The number of hydrogen-bond donors (Lipinski definition) is 0. The van der Waals surface area contributed by atoms with Crippen molar-refractivity contribution in [3.8, 4) is 0 Å². The zero-order valence-corrected chi connectivity index (χ0v) is 12.2. The molecule has 0 aliphatic carbocycles. The maximum atomic E-state index is 13.5. The highest BCUT2D eigenvalue weighted by atomic mass is 79.9. The Morgan fingerprint density at radius 3 is 2.65 bits per heavy atom. The van der Waals surface area contributed by atoms with Crippen molar-refractivity contribution in [3.05, 3.63) is 35.6 Å². The largest absolute Gasteiger partial charge is 0.302 e. The highest BCUT2D eigenvalue weighted by molar-refractivity contribution is 9.09. The first kappa shape index (κ1) is 14.7. The normalized spacial score (nSPS) is 13.0. The van der Waals surface area contributed by atoms with Gasteiger partial charge in [0.1, 0.15) is 5.82 Å². The molecule has 0 aliphatic rings. The van der Waals surface area contributed by atoms with Crippen LogP contribution in [0.5, 0.6) is 0 Å². The van der Waals surface area contributed by atoms with E-state index in [-0.39, 0.29) is 5.82 Å². The van der Waals surface area contributed by atoms with Crippen LogP contribution in [-0.4, -0.2) is 23.8 Å². The van der Waals surface area contributed by atoms with Crippen LogP contribution in [0.4, 0.5) is 4.39 Å². The lowest BCUT2D eigenvalue weighted by Gasteiger charge is -2.22. The smallest absolute Gasteiger partial charge is 0.127 e. The monoisotopic (exact) mass is 301 g/mol. The Balaban J connectivity index is 2.49. The van der Waals surface area contributed by atoms with E-state index >= 15 is 0 Å².